The molecule has 7 heteroatoms. The van der Waals surface area contributed by atoms with Crippen molar-refractivity contribution in [1.29, 1.82) is 0 Å². The molecule has 0 N–H and O–H groups in total. The highest BCUT2D eigenvalue weighted by Crippen LogP contribution is 2.10. The maximum atomic E-state index is 12.2. The summed E-state index contributed by atoms with van der Waals surface area (Å²) in [5, 5.41) is 0. The summed E-state index contributed by atoms with van der Waals surface area (Å²) in [7, 11) is 0. The number of ether oxygens (including phenoxy) is 1. The van der Waals surface area contributed by atoms with Gasteiger partial charge in [0.05, 0.1) is 12.7 Å². The molecule has 1 aliphatic rings. The standard InChI is InChI=1S/C19H20N2O5/c22-17(14-26-18(23)13-15-5-2-1-3-6-15)20-8-10-21(11-9-20)19(24)16-7-4-12-25-16/h1-7,12H,8-11,13-14H2. The zero-order chi connectivity index (χ0) is 18.4. The summed E-state index contributed by atoms with van der Waals surface area (Å²) in [4.78, 5) is 39.4. The summed E-state index contributed by atoms with van der Waals surface area (Å²) >= 11 is 0. The van der Waals surface area contributed by atoms with E-state index in [1.54, 1.807) is 21.9 Å². The van der Waals surface area contributed by atoms with Gasteiger partial charge in [-0.2, -0.15) is 0 Å². The first-order valence-corrected chi connectivity index (χ1v) is 8.43. The molecule has 2 heterocycles. The third-order valence-corrected chi connectivity index (χ3v) is 4.20. The average molecular weight is 356 g/mol. The van der Waals surface area contributed by atoms with E-state index >= 15 is 0 Å². The van der Waals surface area contributed by atoms with Crippen LogP contribution in [0.3, 0.4) is 0 Å². The Morgan fingerprint density at radius 1 is 0.923 bits per heavy atom. The predicted molar refractivity (Wildman–Crippen MR) is 92.3 cm³/mol. The van der Waals surface area contributed by atoms with Crippen molar-refractivity contribution in [3.05, 3.63) is 60.1 Å². The van der Waals surface area contributed by atoms with Gasteiger partial charge in [-0.15, -0.1) is 0 Å². The second-order valence-electron chi connectivity index (χ2n) is 5.97. The van der Waals surface area contributed by atoms with Crippen LogP contribution in [0.1, 0.15) is 16.1 Å². The zero-order valence-electron chi connectivity index (χ0n) is 14.3. The van der Waals surface area contributed by atoms with Crippen LogP contribution in [0.5, 0.6) is 0 Å². The molecule has 136 valence electrons. The van der Waals surface area contributed by atoms with Gasteiger partial charge >= 0.3 is 5.97 Å². The van der Waals surface area contributed by atoms with E-state index in [0.717, 1.165) is 5.56 Å². The Morgan fingerprint density at radius 2 is 1.62 bits per heavy atom. The van der Waals surface area contributed by atoms with Crippen LogP contribution in [0.4, 0.5) is 0 Å². The Kier molecular flexibility index (Phi) is 5.68. The van der Waals surface area contributed by atoms with Crippen molar-refractivity contribution in [2.45, 2.75) is 6.42 Å². The van der Waals surface area contributed by atoms with Crippen molar-refractivity contribution in [3.8, 4) is 0 Å². The number of esters is 1. The van der Waals surface area contributed by atoms with E-state index in [1.807, 2.05) is 30.3 Å². The van der Waals surface area contributed by atoms with E-state index in [2.05, 4.69) is 0 Å². The first kappa shape index (κ1) is 17.7. The molecule has 0 radical (unpaired) electrons. The first-order valence-electron chi connectivity index (χ1n) is 8.43. The van der Waals surface area contributed by atoms with E-state index in [-0.39, 0.29) is 24.8 Å². The normalized spacial score (nSPS) is 14.2. The number of amides is 2. The molecule has 3 rings (SSSR count). The van der Waals surface area contributed by atoms with Gasteiger partial charge in [0.2, 0.25) is 0 Å². The number of rotatable bonds is 5. The second-order valence-corrected chi connectivity index (χ2v) is 5.97. The maximum absolute atomic E-state index is 12.2. The third-order valence-electron chi connectivity index (χ3n) is 4.20. The molecule has 2 aromatic rings. The lowest BCUT2D eigenvalue weighted by molar-refractivity contribution is -0.152. The van der Waals surface area contributed by atoms with Gasteiger partial charge < -0.3 is 19.0 Å². The fraction of sp³-hybridized carbons (Fsp3) is 0.316. The Morgan fingerprint density at radius 3 is 2.27 bits per heavy atom. The molecule has 0 aliphatic carbocycles. The van der Waals surface area contributed by atoms with Gasteiger partial charge in [0.1, 0.15) is 0 Å². The summed E-state index contributed by atoms with van der Waals surface area (Å²) in [5.74, 6) is -0.580. The molecule has 2 amide bonds. The summed E-state index contributed by atoms with van der Waals surface area (Å²) < 4.78 is 10.2. The van der Waals surface area contributed by atoms with E-state index in [9.17, 15) is 14.4 Å². The van der Waals surface area contributed by atoms with E-state index in [4.69, 9.17) is 9.15 Å². The minimum Gasteiger partial charge on any atom is -0.459 e. The largest absolute Gasteiger partial charge is 0.459 e. The SMILES string of the molecule is O=C(Cc1ccccc1)OCC(=O)N1CCN(C(=O)c2ccco2)CC1. The van der Waals surface area contributed by atoms with Crippen LogP contribution in [0.15, 0.2) is 53.1 Å². The quantitative estimate of drug-likeness (QED) is 0.756. The molecular formula is C19H20N2O5. The number of furan rings is 1. The van der Waals surface area contributed by atoms with Crippen LogP contribution in [-0.4, -0.2) is 60.4 Å². The second kappa shape index (κ2) is 8.33. The fourth-order valence-corrected chi connectivity index (χ4v) is 2.76. The molecule has 26 heavy (non-hydrogen) atoms. The van der Waals surface area contributed by atoms with Gasteiger partial charge in [-0.05, 0) is 17.7 Å². The lowest BCUT2D eigenvalue weighted by atomic mass is 10.2. The molecular weight excluding hydrogens is 336 g/mol. The predicted octanol–water partition coefficient (Wildman–Crippen LogP) is 1.35. The molecule has 0 unspecified atom stereocenters. The Bertz CT molecular complexity index is 750. The lowest BCUT2D eigenvalue weighted by Crippen LogP contribution is -2.51. The molecule has 1 fully saturated rings. The van der Waals surface area contributed by atoms with E-state index < -0.39 is 5.97 Å². The molecule has 0 bridgehead atoms. The average Bonchev–Trinajstić information content (AvgIpc) is 3.21. The zero-order valence-corrected chi connectivity index (χ0v) is 14.3. The highest BCUT2D eigenvalue weighted by molar-refractivity contribution is 5.91. The van der Waals surface area contributed by atoms with Crippen LogP contribution in [0, 0.1) is 0 Å². The number of carbonyl (C=O) groups is 3. The van der Waals surface area contributed by atoms with Crippen molar-refractivity contribution in [2.24, 2.45) is 0 Å². The van der Waals surface area contributed by atoms with Crippen LogP contribution < -0.4 is 0 Å². The van der Waals surface area contributed by atoms with Gasteiger partial charge in [0, 0.05) is 26.2 Å². The topological polar surface area (TPSA) is 80.1 Å². The lowest BCUT2D eigenvalue weighted by Gasteiger charge is -2.34. The number of hydrogen-bond donors (Lipinski definition) is 0. The number of benzene rings is 1. The smallest absolute Gasteiger partial charge is 0.310 e. The van der Waals surface area contributed by atoms with Gasteiger partial charge in [0.15, 0.2) is 12.4 Å². The number of piperazine rings is 1. The molecule has 1 aliphatic heterocycles. The van der Waals surface area contributed by atoms with Gasteiger partial charge in [-0.25, -0.2) is 0 Å². The molecule has 0 saturated carbocycles. The van der Waals surface area contributed by atoms with Crippen molar-refractivity contribution in [1.82, 2.24) is 9.80 Å². The van der Waals surface area contributed by atoms with Crippen molar-refractivity contribution >= 4 is 17.8 Å². The van der Waals surface area contributed by atoms with Crippen molar-refractivity contribution < 1.29 is 23.5 Å². The number of carbonyl (C=O) groups excluding carboxylic acids is 3. The van der Waals surface area contributed by atoms with Crippen LogP contribution in [-0.2, 0) is 20.7 Å². The van der Waals surface area contributed by atoms with Gasteiger partial charge in [0.25, 0.3) is 11.8 Å². The molecule has 0 spiro atoms. The highest BCUT2D eigenvalue weighted by atomic mass is 16.5. The minimum absolute atomic E-state index is 0.138. The van der Waals surface area contributed by atoms with Crippen LogP contribution in [0.2, 0.25) is 0 Å². The molecule has 1 aromatic carbocycles. The van der Waals surface area contributed by atoms with Crippen molar-refractivity contribution in [2.75, 3.05) is 32.8 Å². The molecule has 1 saturated heterocycles. The number of nitrogens with zero attached hydrogens (tertiary/aromatic N) is 2. The first-order chi connectivity index (χ1) is 12.6. The van der Waals surface area contributed by atoms with Crippen LogP contribution in [0.25, 0.3) is 0 Å². The van der Waals surface area contributed by atoms with Crippen LogP contribution >= 0.6 is 0 Å². The summed E-state index contributed by atoms with van der Waals surface area (Å²) in [6.45, 7) is 1.37. The number of hydrogen-bond acceptors (Lipinski definition) is 5. The third kappa shape index (κ3) is 4.50. The summed E-state index contributed by atoms with van der Waals surface area (Å²) in [6.07, 6.45) is 1.59. The van der Waals surface area contributed by atoms with E-state index in [1.165, 1.54) is 6.26 Å². The highest BCUT2D eigenvalue weighted by Gasteiger charge is 2.26. The Hall–Kier alpha value is -3.09. The Labute approximate surface area is 151 Å². The van der Waals surface area contributed by atoms with E-state index in [0.29, 0.717) is 31.9 Å². The minimum atomic E-state index is -0.434. The Balaban J connectivity index is 1.41. The maximum Gasteiger partial charge on any atom is 0.310 e. The fourth-order valence-electron chi connectivity index (χ4n) is 2.76. The van der Waals surface area contributed by atoms with Gasteiger partial charge in [-0.1, -0.05) is 30.3 Å². The van der Waals surface area contributed by atoms with Gasteiger partial charge in [-0.3, -0.25) is 14.4 Å². The molecule has 0 atom stereocenters. The summed E-state index contributed by atoms with van der Waals surface area (Å²) in [6, 6.07) is 12.5. The summed E-state index contributed by atoms with van der Waals surface area (Å²) in [5.41, 5.74) is 0.843. The molecule has 7 nitrogen and oxygen atoms in total. The molecule has 1 aromatic heterocycles. The monoisotopic (exact) mass is 356 g/mol. The van der Waals surface area contributed by atoms with Crippen molar-refractivity contribution in [3.63, 3.8) is 0 Å².